The van der Waals surface area contributed by atoms with Crippen molar-refractivity contribution in [3.8, 4) is 0 Å². The third-order valence-electron chi connectivity index (χ3n) is 2.94. The molecule has 0 saturated heterocycles. The van der Waals surface area contributed by atoms with Gasteiger partial charge >= 0.3 is 5.97 Å². The first-order valence-electron chi connectivity index (χ1n) is 6.60. The van der Waals surface area contributed by atoms with Crippen LogP contribution in [-0.2, 0) is 9.53 Å². The van der Waals surface area contributed by atoms with E-state index in [1.54, 1.807) is 24.3 Å². The third kappa shape index (κ3) is 4.53. The summed E-state index contributed by atoms with van der Waals surface area (Å²) in [7, 11) is 0. The summed E-state index contributed by atoms with van der Waals surface area (Å²) in [6, 6.07) is 10.3. The second kappa shape index (κ2) is 7.57. The number of carbonyl (C=O) groups is 2. The fraction of sp³-hybridized carbons (Fsp3) is 0.125. The molecule has 0 spiro atoms. The van der Waals surface area contributed by atoms with Crippen molar-refractivity contribution in [1.29, 1.82) is 0 Å². The van der Waals surface area contributed by atoms with Crippen molar-refractivity contribution in [2.45, 2.75) is 13.0 Å². The minimum Gasteiger partial charge on any atom is -0.449 e. The SMILES string of the molecule is C[C@@H](OC(=O)c1ccc(F)cc1Br)C(=O)Nc1ccccc1Cl. The van der Waals surface area contributed by atoms with E-state index in [2.05, 4.69) is 21.2 Å². The number of benzene rings is 2. The van der Waals surface area contributed by atoms with Crippen molar-refractivity contribution in [2.75, 3.05) is 5.32 Å². The van der Waals surface area contributed by atoms with Gasteiger partial charge in [-0.15, -0.1) is 0 Å². The van der Waals surface area contributed by atoms with Crippen LogP contribution in [0.3, 0.4) is 0 Å². The Bertz CT molecular complexity index is 754. The Hall–Kier alpha value is -1.92. The van der Waals surface area contributed by atoms with Gasteiger partial charge in [-0.3, -0.25) is 4.79 Å². The number of amides is 1. The molecule has 7 heteroatoms. The molecule has 1 atom stereocenters. The molecule has 0 aliphatic heterocycles. The normalized spacial score (nSPS) is 11.7. The van der Waals surface area contributed by atoms with Gasteiger partial charge in [-0.25, -0.2) is 9.18 Å². The van der Waals surface area contributed by atoms with E-state index in [0.29, 0.717) is 10.7 Å². The lowest BCUT2D eigenvalue weighted by Crippen LogP contribution is -2.30. The molecule has 0 fully saturated rings. The number of esters is 1. The highest BCUT2D eigenvalue weighted by atomic mass is 79.9. The number of nitrogens with one attached hydrogen (secondary N) is 1. The summed E-state index contributed by atoms with van der Waals surface area (Å²) in [5, 5.41) is 2.95. The molecule has 0 radical (unpaired) electrons. The molecule has 23 heavy (non-hydrogen) atoms. The topological polar surface area (TPSA) is 55.4 Å². The van der Waals surface area contributed by atoms with Gasteiger partial charge in [0, 0.05) is 4.47 Å². The molecule has 0 aliphatic carbocycles. The van der Waals surface area contributed by atoms with Crippen molar-refractivity contribution in [1.82, 2.24) is 0 Å². The molecule has 0 unspecified atom stereocenters. The minimum atomic E-state index is -1.05. The van der Waals surface area contributed by atoms with Crippen LogP contribution >= 0.6 is 27.5 Å². The standard InChI is InChI=1S/C16H12BrClFNO3/c1-9(15(21)20-14-5-3-2-4-13(14)18)23-16(22)11-7-6-10(19)8-12(11)17/h2-9H,1H3,(H,20,21)/t9-/m1/s1. The van der Waals surface area contributed by atoms with Crippen molar-refractivity contribution < 1.29 is 18.7 Å². The van der Waals surface area contributed by atoms with Crippen LogP contribution in [0.4, 0.5) is 10.1 Å². The summed E-state index contributed by atoms with van der Waals surface area (Å²) < 4.78 is 18.4. The van der Waals surface area contributed by atoms with E-state index < -0.39 is 23.8 Å². The summed E-state index contributed by atoms with van der Waals surface area (Å²) in [4.78, 5) is 24.1. The summed E-state index contributed by atoms with van der Waals surface area (Å²) in [6.45, 7) is 1.43. The van der Waals surface area contributed by atoms with Crippen LogP contribution in [0, 0.1) is 5.82 Å². The van der Waals surface area contributed by atoms with E-state index in [9.17, 15) is 14.0 Å². The van der Waals surface area contributed by atoms with Gasteiger partial charge in [0.2, 0.25) is 0 Å². The van der Waals surface area contributed by atoms with E-state index >= 15 is 0 Å². The van der Waals surface area contributed by atoms with Crippen LogP contribution in [-0.4, -0.2) is 18.0 Å². The second-order valence-electron chi connectivity index (χ2n) is 4.64. The van der Waals surface area contributed by atoms with Gasteiger partial charge < -0.3 is 10.1 Å². The monoisotopic (exact) mass is 399 g/mol. The molecule has 0 heterocycles. The minimum absolute atomic E-state index is 0.129. The maximum atomic E-state index is 13.0. The first kappa shape index (κ1) is 17.4. The number of rotatable bonds is 4. The van der Waals surface area contributed by atoms with Crippen molar-refractivity contribution in [2.24, 2.45) is 0 Å². The van der Waals surface area contributed by atoms with Gasteiger partial charge in [0.05, 0.1) is 16.3 Å². The van der Waals surface area contributed by atoms with Crippen LogP contribution in [0.2, 0.25) is 5.02 Å². The molecule has 1 amide bonds. The van der Waals surface area contributed by atoms with Gasteiger partial charge in [-0.05, 0) is 53.2 Å². The zero-order valence-corrected chi connectivity index (χ0v) is 14.3. The predicted molar refractivity (Wildman–Crippen MR) is 89.1 cm³/mol. The van der Waals surface area contributed by atoms with E-state index in [0.717, 1.165) is 12.1 Å². The average Bonchev–Trinajstić information content (AvgIpc) is 2.49. The number of carbonyl (C=O) groups excluding carboxylic acids is 2. The Kier molecular flexibility index (Phi) is 5.74. The van der Waals surface area contributed by atoms with Gasteiger partial charge in [-0.2, -0.15) is 0 Å². The summed E-state index contributed by atoms with van der Waals surface area (Å²) >= 11 is 9.03. The molecule has 2 aromatic carbocycles. The molecular weight excluding hydrogens is 389 g/mol. The molecule has 2 aromatic rings. The summed E-state index contributed by atoms with van der Waals surface area (Å²) in [5.74, 6) is -1.75. The van der Waals surface area contributed by atoms with Gasteiger partial charge in [0.25, 0.3) is 5.91 Å². The van der Waals surface area contributed by atoms with Crippen LogP contribution in [0.25, 0.3) is 0 Å². The highest BCUT2D eigenvalue weighted by molar-refractivity contribution is 9.10. The van der Waals surface area contributed by atoms with Gasteiger partial charge in [0.1, 0.15) is 5.82 Å². The van der Waals surface area contributed by atoms with E-state index in [-0.39, 0.29) is 10.0 Å². The smallest absolute Gasteiger partial charge is 0.340 e. The molecule has 0 aromatic heterocycles. The van der Waals surface area contributed by atoms with Crippen molar-refractivity contribution >= 4 is 45.1 Å². The Labute approximate surface area is 145 Å². The molecule has 2 rings (SSSR count). The molecular formula is C16H12BrClFNO3. The fourth-order valence-corrected chi connectivity index (χ4v) is 2.43. The van der Waals surface area contributed by atoms with Crippen LogP contribution in [0.15, 0.2) is 46.9 Å². The van der Waals surface area contributed by atoms with E-state index in [1.807, 2.05) is 0 Å². The van der Waals surface area contributed by atoms with E-state index in [1.165, 1.54) is 13.0 Å². The number of anilines is 1. The van der Waals surface area contributed by atoms with Crippen LogP contribution in [0.5, 0.6) is 0 Å². The Morgan fingerprint density at radius 3 is 2.61 bits per heavy atom. The maximum absolute atomic E-state index is 13.0. The lowest BCUT2D eigenvalue weighted by atomic mass is 10.2. The van der Waals surface area contributed by atoms with E-state index in [4.69, 9.17) is 16.3 Å². The quantitative estimate of drug-likeness (QED) is 0.773. The van der Waals surface area contributed by atoms with Crippen molar-refractivity contribution in [3.05, 3.63) is 63.3 Å². The highest BCUT2D eigenvalue weighted by Crippen LogP contribution is 2.22. The number of ether oxygens (including phenoxy) is 1. The number of para-hydroxylation sites is 1. The Balaban J connectivity index is 2.03. The molecule has 1 N–H and O–H groups in total. The second-order valence-corrected chi connectivity index (χ2v) is 5.90. The molecule has 0 saturated carbocycles. The Morgan fingerprint density at radius 1 is 1.26 bits per heavy atom. The molecule has 0 bridgehead atoms. The fourth-order valence-electron chi connectivity index (χ4n) is 1.73. The van der Waals surface area contributed by atoms with Gasteiger partial charge in [0.15, 0.2) is 6.10 Å². The molecule has 4 nitrogen and oxygen atoms in total. The summed E-state index contributed by atoms with van der Waals surface area (Å²) in [5.41, 5.74) is 0.550. The number of halogens is 3. The molecule has 120 valence electrons. The Morgan fingerprint density at radius 2 is 1.96 bits per heavy atom. The zero-order chi connectivity index (χ0) is 17.0. The lowest BCUT2D eigenvalue weighted by Gasteiger charge is -2.14. The maximum Gasteiger partial charge on any atom is 0.340 e. The first-order chi connectivity index (χ1) is 10.9. The lowest BCUT2D eigenvalue weighted by molar-refractivity contribution is -0.123. The average molecular weight is 401 g/mol. The predicted octanol–water partition coefficient (Wildman–Crippen LogP) is 4.43. The third-order valence-corrected chi connectivity index (χ3v) is 3.92. The number of hydrogen-bond acceptors (Lipinski definition) is 3. The van der Waals surface area contributed by atoms with Crippen molar-refractivity contribution in [3.63, 3.8) is 0 Å². The largest absolute Gasteiger partial charge is 0.449 e. The van der Waals surface area contributed by atoms with Crippen LogP contribution in [0.1, 0.15) is 17.3 Å². The van der Waals surface area contributed by atoms with Crippen LogP contribution < -0.4 is 5.32 Å². The number of hydrogen-bond donors (Lipinski definition) is 1. The summed E-state index contributed by atoms with van der Waals surface area (Å²) in [6.07, 6.45) is -1.05. The highest BCUT2D eigenvalue weighted by Gasteiger charge is 2.21. The first-order valence-corrected chi connectivity index (χ1v) is 7.77. The van der Waals surface area contributed by atoms with Gasteiger partial charge in [-0.1, -0.05) is 23.7 Å². The zero-order valence-electron chi connectivity index (χ0n) is 12.0. The molecule has 0 aliphatic rings.